The Hall–Kier alpha value is -1.78. The minimum Gasteiger partial charge on any atom is -0.376 e. The third-order valence-corrected chi connectivity index (χ3v) is 3.50. The number of nitrogens with one attached hydrogen (secondary N) is 1. The molecule has 0 bridgehead atoms. The lowest BCUT2D eigenvalue weighted by molar-refractivity contribution is 0.516. The van der Waals surface area contributed by atoms with Crippen molar-refractivity contribution in [2.75, 3.05) is 5.32 Å². The number of rotatable bonds is 6. The van der Waals surface area contributed by atoms with Crippen molar-refractivity contribution in [3.8, 4) is 0 Å². The van der Waals surface area contributed by atoms with E-state index in [1.165, 1.54) is 11.4 Å². The van der Waals surface area contributed by atoms with E-state index < -0.39 is 0 Å². The van der Waals surface area contributed by atoms with Gasteiger partial charge in [-0.3, -0.25) is 9.36 Å². The van der Waals surface area contributed by atoms with Crippen LogP contribution in [0.1, 0.15) is 50.3 Å². The number of hydrogen-bond acceptors (Lipinski definition) is 3. The molecule has 20 heavy (non-hydrogen) atoms. The first-order valence-electron chi connectivity index (χ1n) is 7.34. The topological polar surface area (TPSA) is 47.7 Å². The first-order valence-corrected chi connectivity index (χ1v) is 7.34. The van der Waals surface area contributed by atoms with E-state index >= 15 is 0 Å². The molecule has 0 aliphatic rings. The molecule has 0 unspecified atom stereocenters. The number of aryl methyl sites for hydroxylation is 2. The Balaban J connectivity index is 2.13. The van der Waals surface area contributed by atoms with Crippen LogP contribution < -0.4 is 5.32 Å². The van der Waals surface area contributed by atoms with E-state index in [1.54, 1.807) is 0 Å². The zero-order valence-corrected chi connectivity index (χ0v) is 13.1. The molecule has 0 aliphatic carbocycles. The highest BCUT2D eigenvalue weighted by Gasteiger charge is 2.13. The summed E-state index contributed by atoms with van der Waals surface area (Å²) >= 11 is 0. The predicted molar refractivity (Wildman–Crippen MR) is 81.9 cm³/mol. The van der Waals surface area contributed by atoms with Crippen molar-refractivity contribution in [2.45, 2.75) is 60.2 Å². The molecule has 110 valence electrons. The van der Waals surface area contributed by atoms with Crippen LogP contribution in [0.25, 0.3) is 0 Å². The molecule has 0 aromatic carbocycles. The Labute approximate surface area is 121 Å². The van der Waals surface area contributed by atoms with Crippen molar-refractivity contribution < 1.29 is 0 Å². The fourth-order valence-electron chi connectivity index (χ4n) is 2.52. The Bertz CT molecular complexity index is 565. The second-order valence-corrected chi connectivity index (χ2v) is 5.48. The van der Waals surface area contributed by atoms with E-state index in [2.05, 4.69) is 65.6 Å². The van der Waals surface area contributed by atoms with Crippen molar-refractivity contribution in [3.05, 3.63) is 29.3 Å². The van der Waals surface area contributed by atoms with Crippen molar-refractivity contribution >= 4 is 5.69 Å². The molecule has 1 N–H and O–H groups in total. The van der Waals surface area contributed by atoms with Crippen molar-refractivity contribution in [1.82, 2.24) is 19.6 Å². The number of nitrogens with zero attached hydrogens (tertiary/aromatic N) is 4. The van der Waals surface area contributed by atoms with Gasteiger partial charge in [0.2, 0.25) is 0 Å². The maximum Gasteiger partial charge on any atom is 0.0828 e. The summed E-state index contributed by atoms with van der Waals surface area (Å²) in [7, 11) is 0. The summed E-state index contributed by atoms with van der Waals surface area (Å²) in [5.74, 6) is 0. The normalized spacial score (nSPS) is 11.3. The van der Waals surface area contributed by atoms with E-state index in [1.807, 2.05) is 6.20 Å². The molecule has 0 radical (unpaired) electrons. The Morgan fingerprint density at radius 1 is 1.30 bits per heavy atom. The van der Waals surface area contributed by atoms with Crippen LogP contribution in [-0.2, 0) is 13.1 Å². The molecular weight excluding hydrogens is 250 g/mol. The quantitative estimate of drug-likeness (QED) is 0.880. The molecule has 0 saturated heterocycles. The van der Waals surface area contributed by atoms with E-state index in [-0.39, 0.29) is 0 Å². The van der Waals surface area contributed by atoms with Crippen molar-refractivity contribution in [1.29, 1.82) is 0 Å². The van der Waals surface area contributed by atoms with Crippen LogP contribution in [0.15, 0.2) is 12.3 Å². The molecular formula is C15H25N5. The Morgan fingerprint density at radius 3 is 2.65 bits per heavy atom. The molecule has 0 spiro atoms. The van der Waals surface area contributed by atoms with Gasteiger partial charge in [-0.25, -0.2) is 0 Å². The molecule has 0 atom stereocenters. The van der Waals surface area contributed by atoms with Crippen molar-refractivity contribution in [2.24, 2.45) is 0 Å². The zero-order chi connectivity index (χ0) is 14.7. The van der Waals surface area contributed by atoms with Crippen LogP contribution in [0.4, 0.5) is 5.69 Å². The van der Waals surface area contributed by atoms with Crippen LogP contribution >= 0.6 is 0 Å². The van der Waals surface area contributed by atoms with Gasteiger partial charge in [0, 0.05) is 18.8 Å². The summed E-state index contributed by atoms with van der Waals surface area (Å²) in [5.41, 5.74) is 4.60. The molecule has 5 heteroatoms. The molecule has 0 saturated carbocycles. The molecule has 2 rings (SSSR count). The number of hydrogen-bond donors (Lipinski definition) is 1. The molecule has 2 aromatic heterocycles. The van der Waals surface area contributed by atoms with Gasteiger partial charge in [0.1, 0.15) is 0 Å². The summed E-state index contributed by atoms with van der Waals surface area (Å²) < 4.78 is 4.13. The minimum atomic E-state index is 0.384. The third kappa shape index (κ3) is 2.86. The summed E-state index contributed by atoms with van der Waals surface area (Å²) in [4.78, 5) is 0. The molecule has 0 amide bonds. The lowest BCUT2D eigenvalue weighted by Crippen LogP contribution is -2.10. The van der Waals surface area contributed by atoms with Gasteiger partial charge < -0.3 is 5.32 Å². The maximum atomic E-state index is 4.60. The average molecular weight is 275 g/mol. The van der Waals surface area contributed by atoms with E-state index in [4.69, 9.17) is 0 Å². The van der Waals surface area contributed by atoms with Gasteiger partial charge in [-0.2, -0.15) is 10.2 Å². The fourth-order valence-corrected chi connectivity index (χ4v) is 2.52. The van der Waals surface area contributed by atoms with Gasteiger partial charge in [0.15, 0.2) is 0 Å². The highest BCUT2D eigenvalue weighted by atomic mass is 15.3. The smallest absolute Gasteiger partial charge is 0.0828 e. The van der Waals surface area contributed by atoms with Crippen LogP contribution in [0.3, 0.4) is 0 Å². The molecule has 2 heterocycles. The summed E-state index contributed by atoms with van der Waals surface area (Å²) in [5, 5.41) is 12.5. The number of aromatic nitrogens is 4. The largest absolute Gasteiger partial charge is 0.376 e. The second-order valence-electron chi connectivity index (χ2n) is 5.48. The standard InChI is InChI=1S/C15H25N5/c1-6-9-19-14(7-8-17-19)10-16-15-12(4)18-20(11(2)3)13(15)5/h7-8,11,16H,6,9-10H2,1-5H3. The minimum absolute atomic E-state index is 0.384. The first-order chi connectivity index (χ1) is 9.54. The Kier molecular flexibility index (Phi) is 4.47. The van der Waals surface area contributed by atoms with E-state index in [0.29, 0.717) is 6.04 Å². The van der Waals surface area contributed by atoms with Crippen LogP contribution in [0, 0.1) is 13.8 Å². The van der Waals surface area contributed by atoms with Gasteiger partial charge in [0.05, 0.1) is 29.3 Å². The summed E-state index contributed by atoms with van der Waals surface area (Å²) in [6, 6.07) is 2.45. The van der Waals surface area contributed by atoms with Crippen LogP contribution in [0.5, 0.6) is 0 Å². The maximum absolute atomic E-state index is 4.60. The molecule has 0 aliphatic heterocycles. The highest BCUT2D eigenvalue weighted by Crippen LogP contribution is 2.23. The monoisotopic (exact) mass is 275 g/mol. The third-order valence-electron chi connectivity index (χ3n) is 3.50. The SMILES string of the molecule is CCCn1nccc1CNc1c(C)nn(C(C)C)c1C. The summed E-state index contributed by atoms with van der Waals surface area (Å²) in [6.07, 6.45) is 2.96. The van der Waals surface area contributed by atoms with Gasteiger partial charge >= 0.3 is 0 Å². The average Bonchev–Trinajstić information content (AvgIpc) is 2.94. The molecule has 2 aromatic rings. The van der Waals surface area contributed by atoms with Gasteiger partial charge in [0.25, 0.3) is 0 Å². The van der Waals surface area contributed by atoms with Crippen LogP contribution in [-0.4, -0.2) is 19.6 Å². The zero-order valence-electron chi connectivity index (χ0n) is 13.1. The van der Waals surface area contributed by atoms with Crippen molar-refractivity contribution in [3.63, 3.8) is 0 Å². The molecule has 0 fully saturated rings. The lowest BCUT2D eigenvalue weighted by Gasteiger charge is -2.11. The van der Waals surface area contributed by atoms with E-state index in [0.717, 1.165) is 30.9 Å². The predicted octanol–water partition coefficient (Wildman–Crippen LogP) is 3.30. The van der Waals surface area contributed by atoms with Gasteiger partial charge in [-0.05, 0) is 40.2 Å². The highest BCUT2D eigenvalue weighted by molar-refractivity contribution is 5.52. The lowest BCUT2D eigenvalue weighted by atomic mass is 10.3. The number of anilines is 1. The first kappa shape index (κ1) is 14.6. The second kappa shape index (κ2) is 6.11. The Morgan fingerprint density at radius 2 is 2.05 bits per heavy atom. The van der Waals surface area contributed by atoms with E-state index in [9.17, 15) is 0 Å². The fraction of sp³-hybridized carbons (Fsp3) is 0.600. The van der Waals surface area contributed by atoms with Crippen LogP contribution in [0.2, 0.25) is 0 Å². The van der Waals surface area contributed by atoms with Gasteiger partial charge in [-0.15, -0.1) is 0 Å². The van der Waals surface area contributed by atoms with Gasteiger partial charge in [-0.1, -0.05) is 6.92 Å². The molecule has 5 nitrogen and oxygen atoms in total. The summed E-state index contributed by atoms with van der Waals surface area (Å²) in [6.45, 7) is 12.4.